The Balaban J connectivity index is 1.62. The average Bonchev–Trinajstić information content (AvgIpc) is 3.26. The summed E-state index contributed by atoms with van der Waals surface area (Å²) >= 11 is 0. The Morgan fingerprint density at radius 2 is 1.79 bits per heavy atom. The van der Waals surface area contributed by atoms with E-state index >= 15 is 0 Å². The predicted molar refractivity (Wildman–Crippen MR) is 126 cm³/mol. The monoisotopic (exact) mass is 447 g/mol. The van der Waals surface area contributed by atoms with Gasteiger partial charge in [-0.1, -0.05) is 12.1 Å². The fourth-order valence-electron chi connectivity index (χ4n) is 3.64. The maximum Gasteiger partial charge on any atom is 0.221 e. The van der Waals surface area contributed by atoms with Crippen LogP contribution < -0.4 is 24.8 Å². The van der Waals surface area contributed by atoms with Crippen molar-refractivity contribution in [2.45, 2.75) is 13.5 Å². The minimum atomic E-state index is -0.118. The lowest BCUT2D eigenvalue weighted by molar-refractivity contribution is -0.114. The zero-order chi connectivity index (χ0) is 23.4. The summed E-state index contributed by atoms with van der Waals surface area (Å²) in [5, 5.41) is 6.15. The maximum absolute atomic E-state index is 11.4. The molecule has 0 spiro atoms. The van der Waals surface area contributed by atoms with Crippen LogP contribution in [0.5, 0.6) is 17.2 Å². The van der Waals surface area contributed by atoms with Crippen molar-refractivity contribution in [1.82, 2.24) is 14.4 Å². The van der Waals surface area contributed by atoms with Crippen LogP contribution in [0.25, 0.3) is 16.9 Å². The van der Waals surface area contributed by atoms with Crippen LogP contribution >= 0.6 is 0 Å². The second-order valence-corrected chi connectivity index (χ2v) is 7.26. The SMILES string of the molecule is COc1cc(CNc2nccn3c(-c4cccc(NC(C)=O)c4)cnc23)cc(OC)c1OC. The molecule has 9 heteroatoms. The molecule has 2 aromatic carbocycles. The highest BCUT2D eigenvalue weighted by Gasteiger charge is 2.15. The molecule has 9 nitrogen and oxygen atoms in total. The number of benzene rings is 2. The number of rotatable bonds is 8. The van der Waals surface area contributed by atoms with E-state index in [9.17, 15) is 4.79 Å². The van der Waals surface area contributed by atoms with Gasteiger partial charge in [0.2, 0.25) is 11.7 Å². The van der Waals surface area contributed by atoms with E-state index in [-0.39, 0.29) is 5.91 Å². The van der Waals surface area contributed by atoms with Gasteiger partial charge >= 0.3 is 0 Å². The molecule has 0 bridgehead atoms. The number of amides is 1. The molecule has 0 saturated carbocycles. The molecule has 33 heavy (non-hydrogen) atoms. The predicted octanol–water partition coefficient (Wildman–Crippen LogP) is 3.99. The lowest BCUT2D eigenvalue weighted by Gasteiger charge is -2.14. The molecular weight excluding hydrogens is 422 g/mol. The van der Waals surface area contributed by atoms with Crippen molar-refractivity contribution < 1.29 is 19.0 Å². The van der Waals surface area contributed by atoms with Gasteiger partial charge in [0.15, 0.2) is 23.0 Å². The Hall–Kier alpha value is -4.27. The van der Waals surface area contributed by atoms with Crippen molar-refractivity contribution in [2.24, 2.45) is 0 Å². The topological polar surface area (TPSA) is 99.0 Å². The molecule has 4 aromatic rings. The van der Waals surface area contributed by atoms with Crippen LogP contribution in [0, 0.1) is 0 Å². The van der Waals surface area contributed by atoms with Crippen molar-refractivity contribution in [1.29, 1.82) is 0 Å². The number of carbonyl (C=O) groups is 1. The molecule has 2 N–H and O–H groups in total. The highest BCUT2D eigenvalue weighted by molar-refractivity contribution is 5.89. The molecule has 2 aromatic heterocycles. The van der Waals surface area contributed by atoms with Gasteiger partial charge in [-0.15, -0.1) is 0 Å². The van der Waals surface area contributed by atoms with Gasteiger partial charge in [0.1, 0.15) is 0 Å². The minimum absolute atomic E-state index is 0.118. The van der Waals surface area contributed by atoms with Gasteiger partial charge in [0.05, 0.1) is 33.2 Å². The summed E-state index contributed by atoms with van der Waals surface area (Å²) in [4.78, 5) is 20.4. The molecule has 170 valence electrons. The second kappa shape index (κ2) is 9.47. The van der Waals surface area contributed by atoms with Gasteiger partial charge in [-0.25, -0.2) is 9.97 Å². The third-order valence-corrected chi connectivity index (χ3v) is 5.09. The van der Waals surface area contributed by atoms with Crippen LogP contribution in [0.15, 0.2) is 55.0 Å². The van der Waals surface area contributed by atoms with Crippen molar-refractivity contribution in [3.8, 4) is 28.5 Å². The Bertz CT molecular complexity index is 1280. The zero-order valence-corrected chi connectivity index (χ0v) is 18.9. The Morgan fingerprint density at radius 3 is 2.45 bits per heavy atom. The highest BCUT2D eigenvalue weighted by Crippen LogP contribution is 2.38. The van der Waals surface area contributed by atoms with Crippen LogP contribution in [0.2, 0.25) is 0 Å². The van der Waals surface area contributed by atoms with E-state index < -0.39 is 0 Å². The summed E-state index contributed by atoms with van der Waals surface area (Å²) in [7, 11) is 4.75. The van der Waals surface area contributed by atoms with Crippen molar-refractivity contribution in [3.05, 3.63) is 60.6 Å². The zero-order valence-electron chi connectivity index (χ0n) is 18.9. The Kier molecular flexibility index (Phi) is 6.30. The number of anilines is 2. The highest BCUT2D eigenvalue weighted by atomic mass is 16.5. The molecule has 0 fully saturated rings. The van der Waals surface area contributed by atoms with Crippen LogP contribution in [-0.4, -0.2) is 41.6 Å². The number of hydrogen-bond acceptors (Lipinski definition) is 7. The van der Waals surface area contributed by atoms with E-state index in [1.807, 2.05) is 47.0 Å². The number of aromatic nitrogens is 3. The van der Waals surface area contributed by atoms with Crippen LogP contribution in [-0.2, 0) is 11.3 Å². The summed E-state index contributed by atoms with van der Waals surface area (Å²) in [6, 6.07) is 11.4. The Morgan fingerprint density at radius 1 is 1.03 bits per heavy atom. The Labute approximate surface area is 191 Å². The fourth-order valence-corrected chi connectivity index (χ4v) is 3.64. The van der Waals surface area contributed by atoms with Gasteiger partial charge in [-0.2, -0.15) is 0 Å². The number of methoxy groups -OCH3 is 3. The maximum atomic E-state index is 11.4. The number of hydrogen-bond donors (Lipinski definition) is 2. The van der Waals surface area contributed by atoms with Gasteiger partial charge < -0.3 is 24.8 Å². The van der Waals surface area contributed by atoms with Gasteiger partial charge in [-0.05, 0) is 29.8 Å². The van der Waals surface area contributed by atoms with Crippen molar-refractivity contribution in [3.63, 3.8) is 0 Å². The second-order valence-electron chi connectivity index (χ2n) is 7.26. The van der Waals surface area contributed by atoms with E-state index in [0.717, 1.165) is 22.5 Å². The summed E-state index contributed by atoms with van der Waals surface area (Å²) in [6.45, 7) is 1.96. The molecule has 0 saturated heterocycles. The molecule has 0 radical (unpaired) electrons. The number of ether oxygens (including phenoxy) is 3. The number of nitrogens with zero attached hydrogens (tertiary/aromatic N) is 3. The molecule has 2 heterocycles. The van der Waals surface area contributed by atoms with E-state index in [2.05, 4.69) is 20.6 Å². The van der Waals surface area contributed by atoms with Crippen molar-refractivity contribution in [2.75, 3.05) is 32.0 Å². The van der Waals surface area contributed by atoms with E-state index in [4.69, 9.17) is 14.2 Å². The van der Waals surface area contributed by atoms with Crippen LogP contribution in [0.1, 0.15) is 12.5 Å². The molecule has 0 unspecified atom stereocenters. The summed E-state index contributed by atoms with van der Waals surface area (Å²) in [6.07, 6.45) is 5.36. The summed E-state index contributed by atoms with van der Waals surface area (Å²) < 4.78 is 18.2. The molecular formula is C24H25N5O4. The minimum Gasteiger partial charge on any atom is -0.493 e. The van der Waals surface area contributed by atoms with Crippen molar-refractivity contribution >= 4 is 23.1 Å². The molecule has 0 aliphatic heterocycles. The fraction of sp³-hybridized carbons (Fsp3) is 0.208. The first kappa shape index (κ1) is 21.9. The molecule has 4 rings (SSSR count). The van der Waals surface area contributed by atoms with E-state index in [1.54, 1.807) is 33.7 Å². The van der Waals surface area contributed by atoms with E-state index in [1.165, 1.54) is 6.92 Å². The van der Waals surface area contributed by atoms with Crippen LogP contribution in [0.3, 0.4) is 0 Å². The lowest BCUT2D eigenvalue weighted by atomic mass is 10.1. The molecule has 0 aliphatic carbocycles. The quantitative estimate of drug-likeness (QED) is 0.421. The lowest BCUT2D eigenvalue weighted by Crippen LogP contribution is -2.06. The summed E-state index contributed by atoms with van der Waals surface area (Å²) in [5.41, 5.74) is 4.16. The smallest absolute Gasteiger partial charge is 0.221 e. The van der Waals surface area contributed by atoms with Gasteiger partial charge in [0, 0.05) is 37.1 Å². The molecule has 0 atom stereocenters. The third-order valence-electron chi connectivity index (χ3n) is 5.09. The standard InChI is InChI=1S/C24H25N5O4/c1-15(30)28-18-7-5-6-17(12-18)19-14-27-24-23(25-8-9-29(19)24)26-13-16-10-20(31-2)22(33-4)21(11-16)32-3/h5-12,14H,13H2,1-4H3,(H,25,26)(H,28,30). The van der Waals surface area contributed by atoms with Gasteiger partial charge in [0.25, 0.3) is 0 Å². The number of nitrogens with one attached hydrogen (secondary N) is 2. The number of fused-ring (bicyclic) bond motifs is 1. The first-order valence-corrected chi connectivity index (χ1v) is 10.3. The molecule has 1 amide bonds. The third kappa shape index (κ3) is 4.52. The first-order valence-electron chi connectivity index (χ1n) is 10.3. The summed E-state index contributed by atoms with van der Waals surface area (Å²) in [5.74, 6) is 2.23. The normalized spacial score (nSPS) is 10.7. The molecule has 0 aliphatic rings. The first-order chi connectivity index (χ1) is 16.0. The largest absolute Gasteiger partial charge is 0.493 e. The number of carbonyl (C=O) groups excluding carboxylic acids is 1. The average molecular weight is 447 g/mol. The van der Waals surface area contributed by atoms with Crippen LogP contribution in [0.4, 0.5) is 11.5 Å². The van der Waals surface area contributed by atoms with E-state index in [0.29, 0.717) is 35.3 Å². The van der Waals surface area contributed by atoms with Gasteiger partial charge in [-0.3, -0.25) is 9.20 Å². The number of imidazole rings is 1.